The van der Waals surface area contributed by atoms with Crippen molar-refractivity contribution in [3.63, 3.8) is 0 Å². The third kappa shape index (κ3) is 6.42. The van der Waals surface area contributed by atoms with Crippen LogP contribution < -0.4 is 11.1 Å². The number of nitrogens with one attached hydrogen (secondary N) is 1. The van der Waals surface area contributed by atoms with Crippen LogP contribution in [0.25, 0.3) is 0 Å². The summed E-state index contributed by atoms with van der Waals surface area (Å²) in [5.74, 6) is -5.78. The molecule has 0 aromatic carbocycles. The van der Waals surface area contributed by atoms with E-state index < -0.39 is 41.8 Å². The molecule has 150 valence electrons. The van der Waals surface area contributed by atoms with Crippen LogP contribution in [0.15, 0.2) is 28.5 Å². The molecule has 1 unspecified atom stereocenters. The minimum atomic E-state index is -1.56. The fraction of sp³-hybridized carbons (Fsp3) is 0.500. The predicted molar refractivity (Wildman–Crippen MR) is 92.3 cm³/mol. The maximum atomic E-state index is 13.3. The van der Waals surface area contributed by atoms with E-state index in [0.29, 0.717) is 0 Å². The molecule has 27 heavy (non-hydrogen) atoms. The van der Waals surface area contributed by atoms with Crippen molar-refractivity contribution in [3.05, 3.63) is 23.6 Å². The van der Waals surface area contributed by atoms with E-state index in [0.717, 1.165) is 11.0 Å². The van der Waals surface area contributed by atoms with Crippen molar-refractivity contribution in [1.82, 2.24) is 15.1 Å². The summed E-state index contributed by atoms with van der Waals surface area (Å²) in [4.78, 5) is 40.3. The Hall–Kier alpha value is -2.85. The largest absolute Gasteiger partial charge is 0.369 e. The van der Waals surface area contributed by atoms with Crippen LogP contribution in [0, 0.1) is 5.92 Å². The van der Waals surface area contributed by atoms with Crippen LogP contribution in [0.4, 0.5) is 18.0 Å². The summed E-state index contributed by atoms with van der Waals surface area (Å²) in [6.45, 7) is 1.73. The van der Waals surface area contributed by atoms with Crippen molar-refractivity contribution in [2.75, 3.05) is 26.7 Å². The number of amides is 4. The number of allylic oxidation sites excluding steroid dienone is 3. The van der Waals surface area contributed by atoms with Crippen molar-refractivity contribution in [3.8, 4) is 0 Å². The van der Waals surface area contributed by atoms with Gasteiger partial charge >= 0.3 is 6.03 Å². The summed E-state index contributed by atoms with van der Waals surface area (Å²) in [5, 5.41) is 2.42. The molecule has 0 saturated carbocycles. The topological polar surface area (TPSA) is 108 Å². The van der Waals surface area contributed by atoms with Crippen LogP contribution in [-0.4, -0.2) is 60.8 Å². The van der Waals surface area contributed by atoms with Crippen LogP contribution in [-0.2, 0) is 9.59 Å². The summed E-state index contributed by atoms with van der Waals surface area (Å²) in [6.07, 6.45) is 0.710. The van der Waals surface area contributed by atoms with E-state index in [4.69, 9.17) is 5.73 Å². The number of hydrogen-bond acceptors (Lipinski definition) is 3. The van der Waals surface area contributed by atoms with Crippen LogP contribution in [0.5, 0.6) is 0 Å². The second kappa shape index (κ2) is 10.3. The number of nitrogens with two attached hydrogens (primary N) is 1. The lowest BCUT2D eigenvalue weighted by molar-refractivity contribution is -0.120. The van der Waals surface area contributed by atoms with Gasteiger partial charge in [-0.2, -0.15) is 4.99 Å². The average molecular weight is 389 g/mol. The Morgan fingerprint density at radius 1 is 1.41 bits per heavy atom. The summed E-state index contributed by atoms with van der Waals surface area (Å²) >= 11 is 0. The quantitative estimate of drug-likeness (QED) is 0.389. The average Bonchev–Trinajstić information content (AvgIpc) is 2.63. The van der Waals surface area contributed by atoms with Crippen molar-refractivity contribution < 1.29 is 27.6 Å². The van der Waals surface area contributed by atoms with E-state index >= 15 is 0 Å². The number of carbonyl (C=O) groups excluding carboxylic acids is 3. The van der Waals surface area contributed by atoms with Crippen LogP contribution in [0.3, 0.4) is 0 Å². The molecular weight excluding hydrogens is 367 g/mol. The summed E-state index contributed by atoms with van der Waals surface area (Å²) in [6, 6.07) is -0.770. The summed E-state index contributed by atoms with van der Waals surface area (Å²) in [7, 11) is 1.46. The highest BCUT2D eigenvalue weighted by atomic mass is 19.2. The first-order valence-corrected chi connectivity index (χ1v) is 8.20. The van der Waals surface area contributed by atoms with Gasteiger partial charge in [0.05, 0.1) is 0 Å². The SMILES string of the molecule is CCN(CCC(=O)NC)C(=O)/N=C(/N)N(C=O)CC1C=C(F)C(F)=C(F)C1. The number of halogens is 3. The second-order valence-corrected chi connectivity index (χ2v) is 5.71. The molecule has 0 fully saturated rings. The van der Waals surface area contributed by atoms with Gasteiger partial charge in [0.25, 0.3) is 0 Å². The molecule has 4 amide bonds. The van der Waals surface area contributed by atoms with Crippen LogP contribution >= 0.6 is 0 Å². The van der Waals surface area contributed by atoms with E-state index in [1.165, 1.54) is 11.9 Å². The maximum Gasteiger partial charge on any atom is 0.346 e. The van der Waals surface area contributed by atoms with E-state index in [1.807, 2.05) is 0 Å². The first-order valence-electron chi connectivity index (χ1n) is 8.20. The van der Waals surface area contributed by atoms with E-state index in [-0.39, 0.29) is 38.4 Å². The van der Waals surface area contributed by atoms with Crippen molar-refractivity contribution in [2.24, 2.45) is 16.6 Å². The summed E-state index contributed by atoms with van der Waals surface area (Å²) in [5.41, 5.74) is 5.64. The fourth-order valence-corrected chi connectivity index (χ4v) is 2.33. The molecule has 0 saturated heterocycles. The third-order valence-electron chi connectivity index (χ3n) is 3.87. The second-order valence-electron chi connectivity index (χ2n) is 5.71. The Labute approximate surface area is 154 Å². The molecule has 0 aliphatic heterocycles. The van der Waals surface area contributed by atoms with Gasteiger partial charge in [-0.05, 0) is 13.0 Å². The predicted octanol–water partition coefficient (Wildman–Crippen LogP) is 1.36. The molecule has 1 aliphatic rings. The Kier molecular flexibility index (Phi) is 8.49. The lowest BCUT2D eigenvalue weighted by Crippen LogP contribution is -2.42. The molecule has 3 N–H and O–H groups in total. The van der Waals surface area contributed by atoms with E-state index in [9.17, 15) is 27.6 Å². The van der Waals surface area contributed by atoms with Gasteiger partial charge in [-0.3, -0.25) is 14.5 Å². The standard InChI is InChI=1S/C16H22F3N5O3/c1-3-23(5-4-13(26)21-2)16(27)22-15(20)24(9-25)8-10-6-11(17)14(19)12(18)7-10/h6,9-10H,3-5,7-8H2,1-2H3,(H,21,26)(H2,20,22,27). The van der Waals surface area contributed by atoms with Crippen molar-refractivity contribution in [2.45, 2.75) is 19.8 Å². The number of aliphatic imine (C=N–C) groups is 1. The molecule has 0 heterocycles. The monoisotopic (exact) mass is 389 g/mol. The van der Waals surface area contributed by atoms with Crippen molar-refractivity contribution in [1.29, 1.82) is 0 Å². The maximum absolute atomic E-state index is 13.3. The van der Waals surface area contributed by atoms with Crippen molar-refractivity contribution >= 4 is 24.3 Å². The van der Waals surface area contributed by atoms with Gasteiger partial charge in [0.1, 0.15) is 5.83 Å². The van der Waals surface area contributed by atoms with Gasteiger partial charge in [-0.1, -0.05) is 0 Å². The molecule has 0 bridgehead atoms. The van der Waals surface area contributed by atoms with Gasteiger partial charge < -0.3 is 16.0 Å². The Morgan fingerprint density at radius 2 is 2.07 bits per heavy atom. The molecule has 8 nitrogen and oxygen atoms in total. The smallest absolute Gasteiger partial charge is 0.346 e. The number of guanidine groups is 1. The molecule has 1 atom stereocenters. The molecule has 0 radical (unpaired) electrons. The Balaban J connectivity index is 2.78. The number of hydrogen-bond donors (Lipinski definition) is 2. The first kappa shape index (κ1) is 22.2. The lowest BCUT2D eigenvalue weighted by atomic mass is 9.98. The minimum Gasteiger partial charge on any atom is -0.369 e. The van der Waals surface area contributed by atoms with Gasteiger partial charge in [-0.15, -0.1) is 0 Å². The minimum absolute atomic E-state index is 0.0617. The molecule has 0 aromatic rings. The molecule has 11 heteroatoms. The highest BCUT2D eigenvalue weighted by Crippen LogP contribution is 2.31. The van der Waals surface area contributed by atoms with Gasteiger partial charge in [0.15, 0.2) is 11.7 Å². The highest BCUT2D eigenvalue weighted by molar-refractivity contribution is 5.96. The Morgan fingerprint density at radius 3 is 2.59 bits per heavy atom. The Bertz CT molecular complexity index is 678. The number of carbonyl (C=O) groups is 3. The van der Waals surface area contributed by atoms with Crippen LogP contribution in [0.2, 0.25) is 0 Å². The van der Waals surface area contributed by atoms with Gasteiger partial charge in [0.2, 0.25) is 18.3 Å². The summed E-state index contributed by atoms with van der Waals surface area (Å²) < 4.78 is 39.7. The fourth-order valence-electron chi connectivity index (χ4n) is 2.33. The van der Waals surface area contributed by atoms with Crippen LogP contribution in [0.1, 0.15) is 19.8 Å². The zero-order chi connectivity index (χ0) is 20.6. The molecular formula is C16H22F3N5O3. The molecule has 0 aromatic heterocycles. The van der Waals surface area contributed by atoms with Gasteiger partial charge in [0, 0.05) is 45.4 Å². The molecule has 1 aliphatic carbocycles. The molecule has 0 spiro atoms. The first-order chi connectivity index (χ1) is 12.7. The van der Waals surface area contributed by atoms with E-state index in [1.54, 1.807) is 6.92 Å². The normalized spacial score (nSPS) is 17.3. The van der Waals surface area contributed by atoms with Gasteiger partial charge in [-0.25, -0.2) is 18.0 Å². The van der Waals surface area contributed by atoms with E-state index in [2.05, 4.69) is 10.3 Å². The molecule has 1 rings (SSSR count). The number of rotatable bonds is 7. The number of urea groups is 1. The third-order valence-corrected chi connectivity index (χ3v) is 3.87. The zero-order valence-corrected chi connectivity index (χ0v) is 15.0. The highest BCUT2D eigenvalue weighted by Gasteiger charge is 2.25. The lowest BCUT2D eigenvalue weighted by Gasteiger charge is -2.24. The zero-order valence-electron chi connectivity index (χ0n) is 15.0. The number of nitrogens with zero attached hydrogens (tertiary/aromatic N) is 3.